The highest BCUT2D eigenvalue weighted by Gasteiger charge is 2.19. The van der Waals surface area contributed by atoms with Crippen LogP contribution in [-0.4, -0.2) is 4.57 Å². The normalized spacial score (nSPS) is 12.3. The summed E-state index contributed by atoms with van der Waals surface area (Å²) in [5, 5.41) is 1.27. The van der Waals surface area contributed by atoms with E-state index in [-0.39, 0.29) is 5.54 Å². The van der Waals surface area contributed by atoms with Crippen LogP contribution < -0.4 is 5.73 Å². The molecule has 1 heterocycles. The summed E-state index contributed by atoms with van der Waals surface area (Å²) in [6.45, 7) is 7.24. The minimum Gasteiger partial charge on any atom is -0.347 e. The molecular weight excluding hydrogens is 184 g/mol. The van der Waals surface area contributed by atoms with E-state index >= 15 is 0 Å². The Hall–Kier alpha value is -1.28. The lowest BCUT2D eigenvalue weighted by molar-refractivity contribution is 0.556. The Kier molecular flexibility index (Phi) is 2.31. The van der Waals surface area contributed by atoms with Crippen LogP contribution in [0, 0.1) is 0 Å². The summed E-state index contributed by atoms with van der Waals surface area (Å²) < 4.78 is 2.25. The van der Waals surface area contributed by atoms with Gasteiger partial charge in [0.05, 0.1) is 0 Å². The second kappa shape index (κ2) is 3.38. The van der Waals surface area contributed by atoms with E-state index in [1.807, 2.05) is 0 Å². The third kappa shape index (κ3) is 1.65. The first-order valence-corrected chi connectivity index (χ1v) is 5.41. The first-order valence-electron chi connectivity index (χ1n) is 5.41. The third-order valence-electron chi connectivity index (χ3n) is 2.82. The van der Waals surface area contributed by atoms with Crippen LogP contribution in [0.4, 0.5) is 0 Å². The average molecular weight is 202 g/mol. The van der Waals surface area contributed by atoms with Crippen molar-refractivity contribution in [1.29, 1.82) is 0 Å². The van der Waals surface area contributed by atoms with Crippen LogP contribution in [0.1, 0.15) is 26.3 Å². The Morgan fingerprint density at radius 2 is 1.93 bits per heavy atom. The SMILES string of the molecule is CCn1cc(C(C)(C)N)c2ccccc21. The molecule has 2 heteroatoms. The van der Waals surface area contributed by atoms with Crippen molar-refractivity contribution in [2.45, 2.75) is 32.9 Å². The van der Waals surface area contributed by atoms with Gasteiger partial charge in [0.15, 0.2) is 0 Å². The standard InChI is InChI=1S/C13H18N2/c1-4-15-9-11(13(2,3)14)10-7-5-6-8-12(10)15/h5-9H,4,14H2,1-3H3. The van der Waals surface area contributed by atoms with Crippen molar-refractivity contribution in [3.05, 3.63) is 36.0 Å². The molecule has 80 valence electrons. The first-order chi connectivity index (χ1) is 7.04. The predicted octanol–water partition coefficient (Wildman–Crippen LogP) is 2.86. The highest BCUT2D eigenvalue weighted by molar-refractivity contribution is 5.84. The van der Waals surface area contributed by atoms with Gasteiger partial charge in [-0.3, -0.25) is 0 Å². The van der Waals surface area contributed by atoms with E-state index in [0.717, 1.165) is 6.54 Å². The number of aryl methyl sites for hydroxylation is 1. The smallest absolute Gasteiger partial charge is 0.0483 e. The number of rotatable bonds is 2. The van der Waals surface area contributed by atoms with Crippen molar-refractivity contribution in [3.8, 4) is 0 Å². The molecule has 0 atom stereocenters. The van der Waals surface area contributed by atoms with Gasteiger partial charge in [-0.25, -0.2) is 0 Å². The van der Waals surface area contributed by atoms with Crippen molar-refractivity contribution in [2.24, 2.45) is 5.73 Å². The van der Waals surface area contributed by atoms with Gasteiger partial charge in [0.2, 0.25) is 0 Å². The Morgan fingerprint density at radius 3 is 2.53 bits per heavy atom. The van der Waals surface area contributed by atoms with E-state index in [0.29, 0.717) is 0 Å². The molecule has 0 radical (unpaired) electrons. The number of para-hydroxylation sites is 1. The van der Waals surface area contributed by atoms with E-state index in [4.69, 9.17) is 5.73 Å². The molecule has 15 heavy (non-hydrogen) atoms. The maximum atomic E-state index is 6.18. The maximum absolute atomic E-state index is 6.18. The van der Waals surface area contributed by atoms with E-state index in [1.165, 1.54) is 16.5 Å². The molecule has 0 aliphatic rings. The van der Waals surface area contributed by atoms with Gasteiger partial charge in [0.25, 0.3) is 0 Å². The molecule has 2 N–H and O–H groups in total. The number of hydrogen-bond acceptors (Lipinski definition) is 1. The van der Waals surface area contributed by atoms with E-state index < -0.39 is 0 Å². The molecule has 0 saturated carbocycles. The van der Waals surface area contributed by atoms with Gasteiger partial charge in [-0.1, -0.05) is 18.2 Å². The molecule has 0 bridgehead atoms. The lowest BCUT2D eigenvalue weighted by Crippen LogP contribution is -2.28. The fraction of sp³-hybridized carbons (Fsp3) is 0.385. The van der Waals surface area contributed by atoms with Crippen molar-refractivity contribution in [1.82, 2.24) is 4.57 Å². The molecule has 0 fully saturated rings. The quantitative estimate of drug-likeness (QED) is 0.797. The summed E-state index contributed by atoms with van der Waals surface area (Å²) in [6.07, 6.45) is 2.17. The van der Waals surface area contributed by atoms with Crippen molar-refractivity contribution in [3.63, 3.8) is 0 Å². The minimum absolute atomic E-state index is 0.278. The fourth-order valence-corrected chi connectivity index (χ4v) is 2.02. The number of hydrogen-bond donors (Lipinski definition) is 1. The van der Waals surface area contributed by atoms with Crippen LogP contribution in [0.5, 0.6) is 0 Å². The lowest BCUT2D eigenvalue weighted by atomic mass is 9.95. The monoisotopic (exact) mass is 202 g/mol. The number of nitrogens with two attached hydrogens (primary N) is 1. The van der Waals surface area contributed by atoms with Gasteiger partial charge in [-0.15, -0.1) is 0 Å². The number of fused-ring (bicyclic) bond motifs is 1. The van der Waals surface area contributed by atoms with E-state index in [2.05, 4.69) is 55.8 Å². The molecule has 0 saturated heterocycles. The number of aromatic nitrogens is 1. The molecule has 0 amide bonds. The second-order valence-electron chi connectivity index (χ2n) is 4.57. The summed E-state index contributed by atoms with van der Waals surface area (Å²) in [5.41, 5.74) is 8.39. The van der Waals surface area contributed by atoms with Crippen LogP contribution >= 0.6 is 0 Å². The van der Waals surface area contributed by atoms with Crippen LogP contribution in [0.2, 0.25) is 0 Å². The summed E-state index contributed by atoms with van der Waals surface area (Å²) in [4.78, 5) is 0. The zero-order valence-electron chi connectivity index (χ0n) is 9.62. The zero-order valence-corrected chi connectivity index (χ0v) is 9.62. The van der Waals surface area contributed by atoms with E-state index in [9.17, 15) is 0 Å². The van der Waals surface area contributed by atoms with E-state index in [1.54, 1.807) is 0 Å². The molecule has 0 unspecified atom stereocenters. The van der Waals surface area contributed by atoms with Gasteiger partial charge in [0, 0.05) is 29.2 Å². The average Bonchev–Trinajstić information content (AvgIpc) is 2.55. The lowest BCUT2D eigenvalue weighted by Gasteiger charge is -2.17. The molecule has 2 rings (SSSR count). The largest absolute Gasteiger partial charge is 0.347 e. The highest BCUT2D eigenvalue weighted by Crippen LogP contribution is 2.28. The number of benzene rings is 1. The van der Waals surface area contributed by atoms with Gasteiger partial charge in [-0.05, 0) is 32.4 Å². The van der Waals surface area contributed by atoms with Crippen LogP contribution in [0.25, 0.3) is 10.9 Å². The first kappa shape index (κ1) is 10.2. The summed E-state index contributed by atoms with van der Waals surface area (Å²) >= 11 is 0. The highest BCUT2D eigenvalue weighted by atomic mass is 15.0. The molecule has 1 aromatic heterocycles. The minimum atomic E-state index is -0.278. The van der Waals surface area contributed by atoms with Gasteiger partial charge >= 0.3 is 0 Å². The Bertz CT molecular complexity index is 475. The Balaban J connectivity index is 2.76. The topological polar surface area (TPSA) is 30.9 Å². The van der Waals surface area contributed by atoms with Crippen molar-refractivity contribution >= 4 is 10.9 Å². The summed E-state index contributed by atoms with van der Waals surface area (Å²) in [5.74, 6) is 0. The Morgan fingerprint density at radius 1 is 1.27 bits per heavy atom. The molecule has 1 aromatic carbocycles. The van der Waals surface area contributed by atoms with Crippen LogP contribution in [0.3, 0.4) is 0 Å². The molecule has 2 nitrogen and oxygen atoms in total. The molecule has 0 aliphatic heterocycles. The molecule has 2 aromatic rings. The number of nitrogens with zero attached hydrogens (tertiary/aromatic N) is 1. The van der Waals surface area contributed by atoms with Crippen molar-refractivity contribution in [2.75, 3.05) is 0 Å². The van der Waals surface area contributed by atoms with Gasteiger partial charge in [0.1, 0.15) is 0 Å². The fourth-order valence-electron chi connectivity index (χ4n) is 2.02. The molecular formula is C13H18N2. The van der Waals surface area contributed by atoms with Crippen LogP contribution in [0.15, 0.2) is 30.5 Å². The van der Waals surface area contributed by atoms with Gasteiger partial charge < -0.3 is 10.3 Å². The second-order valence-corrected chi connectivity index (χ2v) is 4.57. The van der Waals surface area contributed by atoms with Crippen LogP contribution in [-0.2, 0) is 12.1 Å². The van der Waals surface area contributed by atoms with Gasteiger partial charge in [-0.2, -0.15) is 0 Å². The molecule has 0 aliphatic carbocycles. The summed E-state index contributed by atoms with van der Waals surface area (Å²) in [6, 6.07) is 8.43. The van der Waals surface area contributed by atoms with Crippen molar-refractivity contribution < 1.29 is 0 Å². The summed E-state index contributed by atoms with van der Waals surface area (Å²) in [7, 11) is 0. The Labute approximate surface area is 90.7 Å². The third-order valence-corrected chi connectivity index (χ3v) is 2.82. The zero-order chi connectivity index (χ0) is 11.1. The molecule has 0 spiro atoms. The maximum Gasteiger partial charge on any atom is 0.0483 e. The predicted molar refractivity (Wildman–Crippen MR) is 64.8 cm³/mol.